The van der Waals surface area contributed by atoms with Gasteiger partial charge in [-0.3, -0.25) is 4.79 Å². The number of hydrogen-bond donors (Lipinski definition) is 2. The SMILES string of the molecule is CC1CN(C(=O)NC(C)C(C)(C)C)CC1C(=O)O. The standard InChI is InChI=1S/C13H24N2O3/c1-8-6-15(7-10(8)11(16)17)12(18)14-9(2)13(3,4)5/h8-10H,6-7H2,1-5H3,(H,14,18)(H,16,17). The van der Waals surface area contributed by atoms with E-state index in [9.17, 15) is 9.59 Å². The summed E-state index contributed by atoms with van der Waals surface area (Å²) in [6.45, 7) is 10.8. The van der Waals surface area contributed by atoms with Crippen LogP contribution in [-0.4, -0.2) is 41.1 Å². The van der Waals surface area contributed by atoms with Crippen molar-refractivity contribution in [1.29, 1.82) is 0 Å². The van der Waals surface area contributed by atoms with E-state index in [1.807, 2.05) is 13.8 Å². The highest BCUT2D eigenvalue weighted by molar-refractivity contribution is 5.77. The molecule has 1 aliphatic heterocycles. The summed E-state index contributed by atoms with van der Waals surface area (Å²) >= 11 is 0. The van der Waals surface area contributed by atoms with Crippen molar-refractivity contribution < 1.29 is 14.7 Å². The van der Waals surface area contributed by atoms with Crippen LogP contribution in [-0.2, 0) is 4.79 Å². The average molecular weight is 256 g/mol. The van der Waals surface area contributed by atoms with Crippen molar-refractivity contribution in [3.63, 3.8) is 0 Å². The van der Waals surface area contributed by atoms with Crippen molar-refractivity contribution in [3.05, 3.63) is 0 Å². The maximum atomic E-state index is 12.0. The van der Waals surface area contributed by atoms with Gasteiger partial charge in [-0.2, -0.15) is 0 Å². The number of nitrogens with zero attached hydrogens (tertiary/aromatic N) is 1. The van der Waals surface area contributed by atoms with Gasteiger partial charge in [0.2, 0.25) is 0 Å². The fourth-order valence-electron chi connectivity index (χ4n) is 1.95. The number of carbonyl (C=O) groups is 2. The number of aliphatic carboxylic acids is 1. The van der Waals surface area contributed by atoms with E-state index in [0.29, 0.717) is 13.1 Å². The van der Waals surface area contributed by atoms with Gasteiger partial charge in [-0.05, 0) is 18.3 Å². The van der Waals surface area contributed by atoms with E-state index in [2.05, 4.69) is 26.1 Å². The predicted octanol–water partition coefficient (Wildman–Crippen LogP) is 1.78. The number of hydrogen-bond acceptors (Lipinski definition) is 2. The molecule has 2 amide bonds. The van der Waals surface area contributed by atoms with Crippen LogP contribution < -0.4 is 5.32 Å². The third kappa shape index (κ3) is 3.37. The van der Waals surface area contributed by atoms with Gasteiger partial charge in [0.1, 0.15) is 0 Å². The molecule has 0 saturated carbocycles. The average Bonchev–Trinajstić information content (AvgIpc) is 2.58. The summed E-state index contributed by atoms with van der Waals surface area (Å²) in [4.78, 5) is 24.6. The van der Waals surface area contributed by atoms with Crippen molar-refractivity contribution in [2.45, 2.75) is 40.7 Å². The summed E-state index contributed by atoms with van der Waals surface area (Å²) in [5.41, 5.74) is -0.00675. The monoisotopic (exact) mass is 256 g/mol. The molecule has 0 aliphatic carbocycles. The summed E-state index contributed by atoms with van der Waals surface area (Å²) in [5.74, 6) is -1.25. The molecular formula is C13H24N2O3. The fraction of sp³-hybridized carbons (Fsp3) is 0.846. The largest absolute Gasteiger partial charge is 0.481 e. The van der Waals surface area contributed by atoms with Crippen LogP contribution in [0.4, 0.5) is 4.79 Å². The Hall–Kier alpha value is -1.26. The van der Waals surface area contributed by atoms with Gasteiger partial charge < -0.3 is 15.3 Å². The number of urea groups is 1. The molecule has 0 aromatic rings. The van der Waals surface area contributed by atoms with Crippen LogP contribution in [0.2, 0.25) is 0 Å². The summed E-state index contributed by atoms with van der Waals surface area (Å²) in [5, 5.41) is 12.0. The molecule has 1 aliphatic rings. The lowest BCUT2D eigenvalue weighted by atomic mass is 9.88. The van der Waals surface area contributed by atoms with Gasteiger partial charge in [-0.1, -0.05) is 27.7 Å². The molecule has 3 atom stereocenters. The van der Waals surface area contributed by atoms with E-state index < -0.39 is 11.9 Å². The summed E-state index contributed by atoms with van der Waals surface area (Å²) in [7, 11) is 0. The zero-order valence-corrected chi connectivity index (χ0v) is 11.9. The molecule has 5 heteroatoms. The molecule has 0 bridgehead atoms. The molecule has 5 nitrogen and oxygen atoms in total. The molecule has 18 heavy (non-hydrogen) atoms. The number of nitrogens with one attached hydrogen (secondary N) is 1. The highest BCUT2D eigenvalue weighted by Crippen LogP contribution is 2.24. The van der Waals surface area contributed by atoms with E-state index in [4.69, 9.17) is 5.11 Å². The first kappa shape index (κ1) is 14.8. The number of likely N-dealkylation sites (tertiary alicyclic amines) is 1. The highest BCUT2D eigenvalue weighted by Gasteiger charge is 2.37. The molecule has 0 spiro atoms. The van der Waals surface area contributed by atoms with Gasteiger partial charge >= 0.3 is 12.0 Å². The Morgan fingerprint density at radius 1 is 1.33 bits per heavy atom. The molecule has 1 saturated heterocycles. The predicted molar refractivity (Wildman–Crippen MR) is 69.3 cm³/mol. The lowest BCUT2D eigenvalue weighted by molar-refractivity contribution is -0.142. The van der Waals surface area contributed by atoms with Crippen molar-refractivity contribution in [2.24, 2.45) is 17.3 Å². The van der Waals surface area contributed by atoms with Crippen LogP contribution in [0.5, 0.6) is 0 Å². The Balaban J connectivity index is 2.57. The quantitative estimate of drug-likeness (QED) is 0.791. The Kier molecular flexibility index (Phi) is 4.24. The van der Waals surface area contributed by atoms with Crippen molar-refractivity contribution in [1.82, 2.24) is 10.2 Å². The normalized spacial score (nSPS) is 25.9. The molecule has 0 aromatic carbocycles. The van der Waals surface area contributed by atoms with Crippen LogP contribution in [0.15, 0.2) is 0 Å². The third-order valence-electron chi connectivity index (χ3n) is 3.86. The minimum atomic E-state index is -0.818. The van der Waals surface area contributed by atoms with Crippen LogP contribution in [0.1, 0.15) is 34.6 Å². The minimum Gasteiger partial charge on any atom is -0.481 e. The number of amides is 2. The first-order valence-corrected chi connectivity index (χ1v) is 6.41. The zero-order chi connectivity index (χ0) is 14.1. The fourth-order valence-corrected chi connectivity index (χ4v) is 1.95. The summed E-state index contributed by atoms with van der Waals surface area (Å²) < 4.78 is 0. The van der Waals surface area contributed by atoms with E-state index >= 15 is 0 Å². The first-order chi connectivity index (χ1) is 8.12. The second kappa shape index (κ2) is 5.16. The van der Waals surface area contributed by atoms with Gasteiger partial charge in [0.15, 0.2) is 0 Å². The Labute approximate surface area is 109 Å². The van der Waals surface area contributed by atoms with Crippen molar-refractivity contribution in [3.8, 4) is 0 Å². The summed E-state index contributed by atoms with van der Waals surface area (Å²) in [6, 6.07) is -0.114. The van der Waals surface area contributed by atoms with Gasteiger partial charge in [0.05, 0.1) is 5.92 Å². The van der Waals surface area contributed by atoms with E-state index in [1.165, 1.54) is 0 Å². The van der Waals surface area contributed by atoms with Crippen molar-refractivity contribution >= 4 is 12.0 Å². The maximum Gasteiger partial charge on any atom is 0.317 e. The van der Waals surface area contributed by atoms with E-state index in [-0.39, 0.29) is 23.4 Å². The Morgan fingerprint density at radius 3 is 2.28 bits per heavy atom. The lowest BCUT2D eigenvalue weighted by Crippen LogP contribution is -2.47. The van der Waals surface area contributed by atoms with Crippen LogP contribution in [0.25, 0.3) is 0 Å². The number of carboxylic acids is 1. The molecule has 2 N–H and O–H groups in total. The Morgan fingerprint density at radius 2 is 1.89 bits per heavy atom. The van der Waals surface area contributed by atoms with E-state index in [0.717, 1.165) is 0 Å². The zero-order valence-electron chi connectivity index (χ0n) is 11.9. The highest BCUT2D eigenvalue weighted by atomic mass is 16.4. The molecule has 1 heterocycles. The van der Waals surface area contributed by atoms with Gasteiger partial charge in [-0.25, -0.2) is 4.79 Å². The molecule has 3 unspecified atom stereocenters. The molecule has 1 fully saturated rings. The summed E-state index contributed by atoms with van der Waals surface area (Å²) in [6.07, 6.45) is 0. The van der Waals surface area contributed by atoms with Crippen molar-refractivity contribution in [2.75, 3.05) is 13.1 Å². The number of rotatable bonds is 2. The smallest absolute Gasteiger partial charge is 0.317 e. The third-order valence-corrected chi connectivity index (χ3v) is 3.86. The maximum absolute atomic E-state index is 12.0. The molecule has 0 radical (unpaired) electrons. The lowest BCUT2D eigenvalue weighted by Gasteiger charge is -2.30. The van der Waals surface area contributed by atoms with Crippen LogP contribution in [0.3, 0.4) is 0 Å². The molecule has 0 aromatic heterocycles. The molecule has 1 rings (SSSR count). The second-order valence-corrected chi connectivity index (χ2v) is 6.36. The molecular weight excluding hydrogens is 232 g/mol. The van der Waals surface area contributed by atoms with Gasteiger partial charge in [-0.15, -0.1) is 0 Å². The van der Waals surface area contributed by atoms with E-state index in [1.54, 1.807) is 4.90 Å². The topological polar surface area (TPSA) is 69.6 Å². The number of carbonyl (C=O) groups excluding carboxylic acids is 1. The minimum absolute atomic E-state index is 0.00675. The number of carboxylic acid groups (broad SMARTS) is 1. The Bertz CT molecular complexity index is 336. The second-order valence-electron chi connectivity index (χ2n) is 6.36. The van der Waals surface area contributed by atoms with Gasteiger partial charge in [0.25, 0.3) is 0 Å². The van der Waals surface area contributed by atoms with Gasteiger partial charge in [0, 0.05) is 19.1 Å². The van der Waals surface area contributed by atoms with Crippen LogP contribution >= 0.6 is 0 Å². The molecule has 104 valence electrons. The first-order valence-electron chi connectivity index (χ1n) is 6.41. The van der Waals surface area contributed by atoms with Crippen LogP contribution in [0, 0.1) is 17.3 Å².